The molecule has 1 N–H and O–H groups in total. The van der Waals surface area contributed by atoms with Crippen molar-refractivity contribution in [2.24, 2.45) is 0 Å². The number of carbonyl (C=O) groups excluding carboxylic acids is 2. The van der Waals surface area contributed by atoms with Gasteiger partial charge < -0.3 is 15.0 Å². The van der Waals surface area contributed by atoms with Crippen molar-refractivity contribution in [1.82, 2.24) is 4.90 Å². The number of nitro groups is 1. The number of benzene rings is 2. The zero-order valence-electron chi connectivity index (χ0n) is 16.3. The molecule has 0 bridgehead atoms. The van der Waals surface area contributed by atoms with E-state index in [0.717, 1.165) is 0 Å². The van der Waals surface area contributed by atoms with Crippen LogP contribution in [0.3, 0.4) is 0 Å². The summed E-state index contributed by atoms with van der Waals surface area (Å²) in [7, 11) is 1.51. The van der Waals surface area contributed by atoms with Gasteiger partial charge in [-0.3, -0.25) is 19.7 Å². The maximum absolute atomic E-state index is 12.5. The van der Waals surface area contributed by atoms with Gasteiger partial charge in [0, 0.05) is 24.8 Å². The van der Waals surface area contributed by atoms with Crippen LogP contribution in [0.15, 0.2) is 54.6 Å². The number of rotatable bonds is 9. The fourth-order valence-electron chi connectivity index (χ4n) is 2.66. The molecule has 0 heterocycles. The molecule has 8 heteroatoms. The Kier molecular flexibility index (Phi) is 7.90. The van der Waals surface area contributed by atoms with Gasteiger partial charge in [-0.1, -0.05) is 31.2 Å². The SMILES string of the molecule is CCCN(CC(=O)Nc1ccccc1OC)C(=O)C=Cc1cccc([N+](=O)[O-])c1. The molecule has 2 aromatic rings. The number of para-hydroxylation sites is 2. The quantitative estimate of drug-likeness (QED) is 0.396. The maximum Gasteiger partial charge on any atom is 0.270 e. The Morgan fingerprint density at radius 3 is 2.66 bits per heavy atom. The molecular formula is C21H23N3O5. The number of ether oxygens (including phenoxy) is 1. The number of hydrogen-bond donors (Lipinski definition) is 1. The summed E-state index contributed by atoms with van der Waals surface area (Å²) in [5, 5.41) is 13.6. The minimum Gasteiger partial charge on any atom is -0.495 e. The first-order valence-electron chi connectivity index (χ1n) is 9.09. The lowest BCUT2D eigenvalue weighted by atomic mass is 10.2. The van der Waals surface area contributed by atoms with Crippen molar-refractivity contribution in [2.75, 3.05) is 25.5 Å². The van der Waals surface area contributed by atoms with E-state index in [2.05, 4.69) is 5.32 Å². The van der Waals surface area contributed by atoms with Gasteiger partial charge in [0.05, 0.1) is 17.7 Å². The molecule has 0 aliphatic heterocycles. The molecule has 0 saturated heterocycles. The summed E-state index contributed by atoms with van der Waals surface area (Å²) in [6.45, 7) is 2.18. The summed E-state index contributed by atoms with van der Waals surface area (Å²) < 4.78 is 5.21. The van der Waals surface area contributed by atoms with Crippen LogP contribution in [0.5, 0.6) is 5.75 Å². The van der Waals surface area contributed by atoms with Crippen LogP contribution in [-0.4, -0.2) is 41.8 Å². The number of nitro benzene ring substituents is 1. The topological polar surface area (TPSA) is 102 Å². The monoisotopic (exact) mass is 397 g/mol. The van der Waals surface area contributed by atoms with E-state index in [1.807, 2.05) is 6.92 Å². The van der Waals surface area contributed by atoms with Crippen LogP contribution in [0.2, 0.25) is 0 Å². The average molecular weight is 397 g/mol. The second-order valence-electron chi connectivity index (χ2n) is 6.19. The van der Waals surface area contributed by atoms with Gasteiger partial charge in [-0.25, -0.2) is 0 Å². The third-order valence-corrected chi connectivity index (χ3v) is 4.02. The number of methoxy groups -OCH3 is 1. The molecule has 0 aliphatic carbocycles. The van der Waals surface area contributed by atoms with Crippen molar-refractivity contribution < 1.29 is 19.2 Å². The lowest BCUT2D eigenvalue weighted by Crippen LogP contribution is -2.37. The second kappa shape index (κ2) is 10.6. The van der Waals surface area contributed by atoms with Crippen molar-refractivity contribution in [3.8, 4) is 5.75 Å². The van der Waals surface area contributed by atoms with Crippen molar-refractivity contribution in [3.63, 3.8) is 0 Å². The fourth-order valence-corrected chi connectivity index (χ4v) is 2.66. The van der Waals surface area contributed by atoms with Gasteiger partial charge in [0.15, 0.2) is 0 Å². The van der Waals surface area contributed by atoms with Crippen LogP contribution in [0.1, 0.15) is 18.9 Å². The molecule has 29 heavy (non-hydrogen) atoms. The molecule has 0 aromatic heterocycles. The average Bonchev–Trinajstić information content (AvgIpc) is 2.72. The van der Waals surface area contributed by atoms with E-state index in [0.29, 0.717) is 30.0 Å². The smallest absolute Gasteiger partial charge is 0.270 e. The van der Waals surface area contributed by atoms with E-state index in [4.69, 9.17) is 4.74 Å². The molecule has 0 fully saturated rings. The van der Waals surface area contributed by atoms with Gasteiger partial charge in [-0.05, 0) is 30.2 Å². The molecule has 0 unspecified atom stereocenters. The van der Waals surface area contributed by atoms with Crippen LogP contribution in [0.4, 0.5) is 11.4 Å². The Balaban J connectivity index is 2.06. The Bertz CT molecular complexity index is 911. The second-order valence-corrected chi connectivity index (χ2v) is 6.19. The van der Waals surface area contributed by atoms with Crippen LogP contribution in [0, 0.1) is 10.1 Å². The van der Waals surface area contributed by atoms with E-state index in [-0.39, 0.29) is 24.0 Å². The number of anilines is 1. The van der Waals surface area contributed by atoms with Gasteiger partial charge in [0.25, 0.3) is 5.69 Å². The number of amides is 2. The molecule has 152 valence electrons. The van der Waals surface area contributed by atoms with Gasteiger partial charge in [0.2, 0.25) is 11.8 Å². The Morgan fingerprint density at radius 1 is 1.21 bits per heavy atom. The molecule has 2 amide bonds. The molecule has 8 nitrogen and oxygen atoms in total. The van der Waals surface area contributed by atoms with Crippen molar-refractivity contribution in [2.45, 2.75) is 13.3 Å². The molecule has 0 aliphatic rings. The summed E-state index contributed by atoms with van der Waals surface area (Å²) in [6, 6.07) is 13.0. The van der Waals surface area contributed by atoms with Gasteiger partial charge in [-0.2, -0.15) is 0 Å². The van der Waals surface area contributed by atoms with E-state index < -0.39 is 4.92 Å². The van der Waals surface area contributed by atoms with Crippen molar-refractivity contribution >= 4 is 29.3 Å². The summed E-state index contributed by atoms with van der Waals surface area (Å²) in [5.41, 5.74) is 1.000. The minimum atomic E-state index is -0.495. The first-order chi connectivity index (χ1) is 13.9. The van der Waals surface area contributed by atoms with Gasteiger partial charge in [0.1, 0.15) is 12.3 Å². The highest BCUT2D eigenvalue weighted by Crippen LogP contribution is 2.22. The normalized spacial score (nSPS) is 10.6. The van der Waals surface area contributed by atoms with E-state index in [9.17, 15) is 19.7 Å². The lowest BCUT2D eigenvalue weighted by molar-refractivity contribution is -0.384. The first kappa shape index (κ1) is 21.6. The minimum absolute atomic E-state index is 0.0544. The highest BCUT2D eigenvalue weighted by molar-refractivity contribution is 5.98. The molecule has 0 saturated carbocycles. The zero-order valence-corrected chi connectivity index (χ0v) is 16.3. The largest absolute Gasteiger partial charge is 0.495 e. The Hall–Kier alpha value is -3.68. The summed E-state index contributed by atoms with van der Waals surface area (Å²) in [4.78, 5) is 36.7. The molecule has 0 radical (unpaired) electrons. The number of carbonyl (C=O) groups is 2. The number of hydrogen-bond acceptors (Lipinski definition) is 5. The third-order valence-electron chi connectivity index (χ3n) is 4.02. The van der Waals surface area contributed by atoms with Crippen LogP contribution in [-0.2, 0) is 9.59 Å². The molecule has 0 spiro atoms. The van der Waals surface area contributed by atoms with Crippen molar-refractivity contribution in [1.29, 1.82) is 0 Å². The molecular weight excluding hydrogens is 374 g/mol. The van der Waals surface area contributed by atoms with Crippen LogP contribution >= 0.6 is 0 Å². The number of non-ortho nitro benzene ring substituents is 1. The number of nitrogens with one attached hydrogen (secondary N) is 1. The summed E-state index contributed by atoms with van der Waals surface area (Å²) >= 11 is 0. The molecule has 2 rings (SSSR count). The van der Waals surface area contributed by atoms with E-state index in [1.165, 1.54) is 36.3 Å². The fraction of sp³-hybridized carbons (Fsp3) is 0.238. The van der Waals surface area contributed by atoms with E-state index >= 15 is 0 Å². The van der Waals surface area contributed by atoms with Gasteiger partial charge >= 0.3 is 0 Å². The molecule has 0 atom stereocenters. The van der Waals surface area contributed by atoms with E-state index in [1.54, 1.807) is 36.4 Å². The summed E-state index contributed by atoms with van der Waals surface area (Å²) in [5.74, 6) is -0.173. The standard InChI is InChI=1S/C21H23N3O5/c1-3-13-23(15-20(25)22-18-9-4-5-10-19(18)29-2)21(26)12-11-16-7-6-8-17(14-16)24(27)28/h4-12,14H,3,13,15H2,1-2H3,(H,22,25). The van der Waals surface area contributed by atoms with Crippen LogP contribution in [0.25, 0.3) is 6.08 Å². The first-order valence-corrected chi connectivity index (χ1v) is 9.09. The lowest BCUT2D eigenvalue weighted by Gasteiger charge is -2.20. The number of nitrogens with zero attached hydrogens (tertiary/aromatic N) is 2. The Morgan fingerprint density at radius 2 is 1.97 bits per heavy atom. The summed E-state index contributed by atoms with van der Waals surface area (Å²) in [6.07, 6.45) is 3.49. The molecule has 2 aromatic carbocycles. The third kappa shape index (κ3) is 6.46. The highest BCUT2D eigenvalue weighted by Gasteiger charge is 2.15. The zero-order chi connectivity index (χ0) is 21.2. The predicted octanol–water partition coefficient (Wildman–Crippen LogP) is 3.49. The van der Waals surface area contributed by atoms with Crippen molar-refractivity contribution in [3.05, 3.63) is 70.3 Å². The van der Waals surface area contributed by atoms with Gasteiger partial charge in [-0.15, -0.1) is 0 Å². The maximum atomic E-state index is 12.5. The highest BCUT2D eigenvalue weighted by atomic mass is 16.6. The predicted molar refractivity (Wildman–Crippen MR) is 111 cm³/mol. The Labute approximate surface area is 168 Å². The van der Waals surface area contributed by atoms with Crippen LogP contribution < -0.4 is 10.1 Å².